The lowest BCUT2D eigenvalue weighted by Gasteiger charge is -2.20. The normalized spacial score (nSPS) is 39.2. The van der Waals surface area contributed by atoms with Gasteiger partial charge in [-0.05, 0) is 55.2 Å². The highest BCUT2D eigenvalue weighted by Crippen LogP contribution is 2.61. The molecule has 3 heteroatoms. The predicted molar refractivity (Wildman–Crippen MR) is 70.5 cm³/mol. The Balaban J connectivity index is 1.64. The second kappa shape index (κ2) is 3.40. The number of hydrogen-bond acceptors (Lipinski definition) is 1. The van der Waals surface area contributed by atoms with Crippen LogP contribution in [-0.4, -0.2) is 6.04 Å². The lowest BCUT2D eigenvalue weighted by Crippen LogP contribution is -2.34. The van der Waals surface area contributed by atoms with Crippen molar-refractivity contribution >= 4 is 23.2 Å². The summed E-state index contributed by atoms with van der Waals surface area (Å²) in [6, 6.07) is 6.86. The first-order chi connectivity index (χ1) is 8.19. The standard InChI is InChI=1S/C14H15Cl2N/c15-11-4-3-9(5-12(11)16)14-7-10(14)6-13(17-14)8-1-2-8/h3-5,8,10,13,17H,1-2,6-7H2/t10-,13?,14-/m1/s1. The largest absolute Gasteiger partial charge is 0.304 e. The molecule has 1 aliphatic heterocycles. The quantitative estimate of drug-likeness (QED) is 0.855. The number of hydrogen-bond donors (Lipinski definition) is 1. The van der Waals surface area contributed by atoms with E-state index in [1.54, 1.807) is 0 Å². The highest BCUT2D eigenvalue weighted by Gasteiger charge is 2.62. The summed E-state index contributed by atoms with van der Waals surface area (Å²) < 4.78 is 0. The third-order valence-electron chi connectivity index (χ3n) is 4.71. The Morgan fingerprint density at radius 3 is 2.71 bits per heavy atom. The van der Waals surface area contributed by atoms with Crippen LogP contribution in [0, 0.1) is 11.8 Å². The minimum absolute atomic E-state index is 0.238. The van der Waals surface area contributed by atoms with Crippen molar-refractivity contribution in [1.82, 2.24) is 5.32 Å². The van der Waals surface area contributed by atoms with Gasteiger partial charge in [0.15, 0.2) is 0 Å². The highest BCUT2D eigenvalue weighted by atomic mass is 35.5. The third kappa shape index (κ3) is 1.56. The SMILES string of the molecule is Clc1ccc([C@]23C[C@H]2CC(C2CC2)N3)cc1Cl. The van der Waals surface area contributed by atoms with Gasteiger partial charge in [0.25, 0.3) is 0 Å². The molecule has 3 fully saturated rings. The Hall–Kier alpha value is -0.240. The summed E-state index contributed by atoms with van der Waals surface area (Å²) in [6.45, 7) is 0. The van der Waals surface area contributed by atoms with Crippen molar-refractivity contribution in [3.63, 3.8) is 0 Å². The monoisotopic (exact) mass is 267 g/mol. The van der Waals surface area contributed by atoms with Crippen LogP contribution in [-0.2, 0) is 5.54 Å². The average molecular weight is 268 g/mol. The van der Waals surface area contributed by atoms with Crippen LogP contribution >= 0.6 is 23.2 Å². The maximum Gasteiger partial charge on any atom is 0.0595 e. The maximum absolute atomic E-state index is 6.12. The van der Waals surface area contributed by atoms with E-state index < -0.39 is 0 Å². The van der Waals surface area contributed by atoms with Crippen molar-refractivity contribution in [3.8, 4) is 0 Å². The number of piperidine rings is 1. The van der Waals surface area contributed by atoms with Crippen molar-refractivity contribution in [1.29, 1.82) is 0 Å². The molecule has 2 saturated carbocycles. The Labute approximate surface area is 111 Å². The van der Waals surface area contributed by atoms with Crippen molar-refractivity contribution in [3.05, 3.63) is 33.8 Å². The summed E-state index contributed by atoms with van der Waals surface area (Å²) in [5, 5.41) is 5.20. The summed E-state index contributed by atoms with van der Waals surface area (Å²) in [5.41, 5.74) is 1.57. The number of rotatable bonds is 2. The van der Waals surface area contributed by atoms with Gasteiger partial charge in [0.05, 0.1) is 10.0 Å². The van der Waals surface area contributed by atoms with E-state index in [4.69, 9.17) is 23.2 Å². The first kappa shape index (κ1) is 10.7. The van der Waals surface area contributed by atoms with Crippen LogP contribution < -0.4 is 5.32 Å². The maximum atomic E-state index is 6.12. The van der Waals surface area contributed by atoms with Gasteiger partial charge in [0.1, 0.15) is 0 Å². The van der Waals surface area contributed by atoms with Crippen LogP contribution in [0.1, 0.15) is 31.2 Å². The molecule has 0 aromatic heterocycles. The van der Waals surface area contributed by atoms with Crippen LogP contribution in [0.5, 0.6) is 0 Å². The van der Waals surface area contributed by atoms with E-state index >= 15 is 0 Å². The lowest BCUT2D eigenvalue weighted by atomic mass is 10.0. The summed E-state index contributed by atoms with van der Waals surface area (Å²) >= 11 is 12.1. The number of benzene rings is 1. The zero-order valence-electron chi connectivity index (χ0n) is 9.55. The van der Waals surface area contributed by atoms with Gasteiger partial charge in [-0.3, -0.25) is 0 Å². The average Bonchev–Trinajstić information content (AvgIpc) is 3.22. The van der Waals surface area contributed by atoms with E-state index in [1.165, 1.54) is 31.2 Å². The molecule has 1 heterocycles. The van der Waals surface area contributed by atoms with E-state index in [2.05, 4.69) is 11.4 Å². The predicted octanol–water partition coefficient (Wildman–Crippen LogP) is 3.98. The molecule has 17 heavy (non-hydrogen) atoms. The molecule has 1 saturated heterocycles. The molecule has 3 aliphatic rings. The van der Waals surface area contributed by atoms with E-state index in [0.717, 1.165) is 17.9 Å². The second-order valence-electron chi connectivity index (χ2n) is 5.83. The van der Waals surface area contributed by atoms with Crippen molar-refractivity contribution in [2.75, 3.05) is 0 Å². The van der Waals surface area contributed by atoms with Gasteiger partial charge in [-0.25, -0.2) is 0 Å². The first-order valence-corrected chi connectivity index (χ1v) is 7.18. The fourth-order valence-corrected chi connectivity index (χ4v) is 3.80. The van der Waals surface area contributed by atoms with E-state index in [0.29, 0.717) is 10.0 Å². The molecule has 1 nitrogen and oxygen atoms in total. The summed E-state index contributed by atoms with van der Waals surface area (Å²) in [5.74, 6) is 1.77. The minimum atomic E-state index is 0.238. The van der Waals surface area contributed by atoms with E-state index in [9.17, 15) is 0 Å². The van der Waals surface area contributed by atoms with Gasteiger partial charge < -0.3 is 5.32 Å². The molecule has 2 aliphatic carbocycles. The van der Waals surface area contributed by atoms with Crippen LogP contribution in [0.25, 0.3) is 0 Å². The van der Waals surface area contributed by atoms with Gasteiger partial charge in [-0.1, -0.05) is 29.3 Å². The minimum Gasteiger partial charge on any atom is -0.304 e. The Morgan fingerprint density at radius 1 is 1.18 bits per heavy atom. The molecule has 4 rings (SSSR count). The molecule has 90 valence electrons. The third-order valence-corrected chi connectivity index (χ3v) is 5.45. The van der Waals surface area contributed by atoms with Crippen molar-refractivity contribution in [2.45, 2.75) is 37.3 Å². The fourth-order valence-electron chi connectivity index (χ4n) is 3.51. The van der Waals surface area contributed by atoms with Crippen molar-refractivity contribution in [2.24, 2.45) is 11.8 Å². The fraction of sp³-hybridized carbons (Fsp3) is 0.571. The van der Waals surface area contributed by atoms with Gasteiger partial charge in [0.2, 0.25) is 0 Å². The number of nitrogens with one attached hydrogen (secondary N) is 1. The zero-order valence-corrected chi connectivity index (χ0v) is 11.1. The van der Waals surface area contributed by atoms with Crippen LogP contribution in [0.15, 0.2) is 18.2 Å². The Kier molecular flexibility index (Phi) is 2.13. The van der Waals surface area contributed by atoms with E-state index in [1.807, 2.05) is 12.1 Å². The summed E-state index contributed by atoms with van der Waals surface area (Å²) in [6.07, 6.45) is 5.46. The zero-order chi connectivity index (χ0) is 11.6. The molecule has 0 amide bonds. The van der Waals surface area contributed by atoms with Gasteiger partial charge in [-0.2, -0.15) is 0 Å². The summed E-state index contributed by atoms with van der Waals surface area (Å²) in [7, 11) is 0. The molecule has 1 N–H and O–H groups in total. The van der Waals surface area contributed by atoms with Crippen LogP contribution in [0.4, 0.5) is 0 Å². The van der Waals surface area contributed by atoms with Crippen molar-refractivity contribution < 1.29 is 0 Å². The number of halogens is 2. The molecular weight excluding hydrogens is 253 g/mol. The topological polar surface area (TPSA) is 12.0 Å². The molecule has 0 bridgehead atoms. The highest BCUT2D eigenvalue weighted by molar-refractivity contribution is 6.42. The molecule has 0 radical (unpaired) electrons. The number of fused-ring (bicyclic) bond motifs is 1. The van der Waals surface area contributed by atoms with E-state index in [-0.39, 0.29) is 5.54 Å². The second-order valence-corrected chi connectivity index (χ2v) is 6.64. The molecule has 1 aromatic carbocycles. The molecular formula is C14H15Cl2N. The molecule has 1 unspecified atom stereocenters. The summed E-state index contributed by atoms with van der Waals surface area (Å²) in [4.78, 5) is 0. The van der Waals surface area contributed by atoms with Crippen LogP contribution in [0.3, 0.4) is 0 Å². The first-order valence-electron chi connectivity index (χ1n) is 6.42. The molecule has 1 aromatic rings. The van der Waals surface area contributed by atoms with Gasteiger partial charge in [-0.15, -0.1) is 0 Å². The lowest BCUT2D eigenvalue weighted by molar-refractivity contribution is 0.439. The smallest absolute Gasteiger partial charge is 0.0595 e. The van der Waals surface area contributed by atoms with Crippen LogP contribution in [0.2, 0.25) is 10.0 Å². The Morgan fingerprint density at radius 2 is 2.00 bits per heavy atom. The molecule has 0 spiro atoms. The van der Waals surface area contributed by atoms with Gasteiger partial charge in [0, 0.05) is 11.6 Å². The van der Waals surface area contributed by atoms with Gasteiger partial charge >= 0.3 is 0 Å². The molecule has 3 atom stereocenters. The Bertz CT molecular complexity index is 483.